The molecule has 0 N–H and O–H groups in total. The summed E-state index contributed by atoms with van der Waals surface area (Å²) in [7, 11) is -2.04. The minimum Gasteiger partial charge on any atom is -0.464 e. The third-order valence-corrected chi connectivity index (χ3v) is 9.08. The fraction of sp³-hybridized carbons (Fsp3) is 0.588. The van der Waals surface area contributed by atoms with E-state index >= 15 is 0 Å². The molecule has 0 aromatic heterocycles. The van der Waals surface area contributed by atoms with Crippen LogP contribution in [0.2, 0.25) is 18.1 Å². The van der Waals surface area contributed by atoms with Crippen molar-refractivity contribution in [3.63, 3.8) is 0 Å². The highest BCUT2D eigenvalue weighted by atomic mass is 79.9. The summed E-state index contributed by atoms with van der Waals surface area (Å²) in [6.45, 7) is 13.0. The molecule has 1 atom stereocenters. The lowest BCUT2D eigenvalue weighted by Crippen LogP contribution is -2.47. The molecule has 0 bridgehead atoms. The first kappa shape index (κ1) is 19.4. The van der Waals surface area contributed by atoms with Crippen LogP contribution in [-0.2, 0) is 20.4 Å². The number of ether oxygens (including phenoxy) is 1. The Morgan fingerprint density at radius 1 is 1.32 bits per heavy atom. The Bertz CT molecular complexity index is 509. The van der Waals surface area contributed by atoms with Crippen molar-refractivity contribution >= 4 is 30.2 Å². The van der Waals surface area contributed by atoms with E-state index in [1.165, 1.54) is 0 Å². The van der Waals surface area contributed by atoms with Crippen molar-refractivity contribution in [1.82, 2.24) is 0 Å². The highest BCUT2D eigenvalue weighted by Crippen LogP contribution is 2.37. The second-order valence-corrected chi connectivity index (χ2v) is 12.6. The predicted molar refractivity (Wildman–Crippen MR) is 96.5 cm³/mol. The third-order valence-electron chi connectivity index (χ3n) is 4.10. The molecule has 0 heterocycles. The van der Waals surface area contributed by atoms with Gasteiger partial charge >= 0.3 is 5.97 Å². The van der Waals surface area contributed by atoms with E-state index in [9.17, 15) is 4.79 Å². The Labute approximate surface area is 143 Å². The molecule has 0 radical (unpaired) electrons. The van der Waals surface area contributed by atoms with Crippen LogP contribution in [-0.4, -0.2) is 27.0 Å². The lowest BCUT2D eigenvalue weighted by Gasteiger charge is -2.38. The maximum Gasteiger partial charge on any atom is 0.334 e. The molecule has 0 amide bonds. The molecular weight excluding hydrogens is 360 g/mol. The van der Waals surface area contributed by atoms with E-state index in [4.69, 9.17) is 9.16 Å². The number of rotatable bonds is 6. The van der Waals surface area contributed by atoms with Crippen LogP contribution in [0.4, 0.5) is 0 Å². The van der Waals surface area contributed by atoms with Crippen molar-refractivity contribution in [2.45, 2.75) is 58.4 Å². The predicted octanol–water partition coefficient (Wildman–Crippen LogP) is 4.95. The standard InChI is InChI=1S/C17H27BrO3Si/c1-7-20-16(19)15(21-22(5,6)17(2,3)4)12-13-9-8-10-14(18)11-13/h8-11,15H,7,12H2,1-6H3/t15-/m1/s1. The van der Waals surface area contributed by atoms with Crippen LogP contribution >= 0.6 is 15.9 Å². The smallest absolute Gasteiger partial charge is 0.334 e. The Morgan fingerprint density at radius 3 is 2.45 bits per heavy atom. The average molecular weight is 387 g/mol. The maximum atomic E-state index is 12.3. The van der Waals surface area contributed by atoms with E-state index in [1.54, 1.807) is 0 Å². The molecule has 0 spiro atoms. The summed E-state index contributed by atoms with van der Waals surface area (Å²) in [4.78, 5) is 12.3. The van der Waals surface area contributed by atoms with Crippen molar-refractivity contribution in [2.75, 3.05) is 6.61 Å². The van der Waals surface area contributed by atoms with Crippen molar-refractivity contribution in [2.24, 2.45) is 0 Å². The molecule has 22 heavy (non-hydrogen) atoms. The quantitative estimate of drug-likeness (QED) is 0.512. The first-order chi connectivity index (χ1) is 10.1. The van der Waals surface area contributed by atoms with Gasteiger partial charge in [-0.1, -0.05) is 48.8 Å². The van der Waals surface area contributed by atoms with Crippen molar-refractivity contribution in [3.05, 3.63) is 34.3 Å². The summed E-state index contributed by atoms with van der Waals surface area (Å²) in [6.07, 6.45) is -0.0136. The van der Waals surface area contributed by atoms with E-state index in [2.05, 4.69) is 49.8 Å². The van der Waals surface area contributed by atoms with Crippen LogP contribution in [0.5, 0.6) is 0 Å². The Hall–Kier alpha value is -0.653. The number of benzene rings is 1. The van der Waals surface area contributed by atoms with Crippen molar-refractivity contribution in [1.29, 1.82) is 0 Å². The molecule has 0 saturated carbocycles. The van der Waals surface area contributed by atoms with E-state index in [-0.39, 0.29) is 11.0 Å². The lowest BCUT2D eigenvalue weighted by molar-refractivity contribution is -0.152. The zero-order valence-electron chi connectivity index (χ0n) is 14.4. The Kier molecular flexibility index (Phi) is 6.83. The van der Waals surface area contributed by atoms with E-state index < -0.39 is 14.4 Å². The van der Waals surface area contributed by atoms with Crippen LogP contribution in [0.1, 0.15) is 33.3 Å². The van der Waals surface area contributed by atoms with Gasteiger partial charge in [0.25, 0.3) is 0 Å². The summed E-state index contributed by atoms with van der Waals surface area (Å²) >= 11 is 3.46. The fourth-order valence-electron chi connectivity index (χ4n) is 1.82. The van der Waals surface area contributed by atoms with Gasteiger partial charge in [-0.25, -0.2) is 4.79 Å². The summed E-state index contributed by atoms with van der Waals surface area (Å²) in [5.41, 5.74) is 1.06. The molecule has 0 aliphatic heterocycles. The molecule has 0 saturated heterocycles. The number of hydrogen-bond acceptors (Lipinski definition) is 3. The Morgan fingerprint density at radius 2 is 1.95 bits per heavy atom. The SMILES string of the molecule is CCOC(=O)[C@@H](Cc1cccc(Br)c1)O[Si](C)(C)C(C)(C)C. The minimum absolute atomic E-state index is 0.0506. The molecule has 0 aliphatic rings. The molecule has 124 valence electrons. The maximum absolute atomic E-state index is 12.3. The molecule has 1 rings (SSSR count). The number of carbonyl (C=O) groups excluding carboxylic acids is 1. The van der Waals surface area contributed by atoms with Gasteiger partial charge in [-0.05, 0) is 42.8 Å². The molecule has 3 nitrogen and oxygen atoms in total. The number of carbonyl (C=O) groups is 1. The van der Waals surface area contributed by atoms with Crippen LogP contribution in [0.3, 0.4) is 0 Å². The largest absolute Gasteiger partial charge is 0.464 e. The topological polar surface area (TPSA) is 35.5 Å². The van der Waals surface area contributed by atoms with Crippen LogP contribution < -0.4 is 0 Å². The van der Waals surface area contributed by atoms with Gasteiger partial charge in [-0.2, -0.15) is 0 Å². The normalized spacial score (nSPS) is 13.8. The molecule has 5 heteroatoms. The molecule has 1 aromatic rings. The molecule has 1 aromatic carbocycles. The number of halogens is 1. The van der Waals surface area contributed by atoms with Crippen LogP contribution in [0.15, 0.2) is 28.7 Å². The monoisotopic (exact) mass is 386 g/mol. The third kappa shape index (κ3) is 5.52. The second-order valence-electron chi connectivity index (χ2n) is 6.95. The molecule has 0 aliphatic carbocycles. The first-order valence-corrected chi connectivity index (χ1v) is 11.4. The highest BCUT2D eigenvalue weighted by molar-refractivity contribution is 9.10. The van der Waals surface area contributed by atoms with Gasteiger partial charge < -0.3 is 9.16 Å². The number of esters is 1. The van der Waals surface area contributed by atoms with Crippen LogP contribution in [0, 0.1) is 0 Å². The Balaban J connectivity index is 2.96. The molecule has 0 unspecified atom stereocenters. The van der Waals surface area contributed by atoms with Gasteiger partial charge in [0.15, 0.2) is 8.32 Å². The highest BCUT2D eigenvalue weighted by Gasteiger charge is 2.41. The summed E-state index contributed by atoms with van der Waals surface area (Å²) in [5.74, 6) is -0.271. The van der Waals surface area contributed by atoms with Gasteiger partial charge in [-0.3, -0.25) is 0 Å². The summed E-state index contributed by atoms with van der Waals surface area (Å²) in [6, 6.07) is 7.96. The lowest BCUT2D eigenvalue weighted by atomic mass is 10.1. The zero-order valence-corrected chi connectivity index (χ0v) is 17.0. The minimum atomic E-state index is -2.04. The van der Waals surface area contributed by atoms with E-state index in [1.807, 2.05) is 31.2 Å². The number of hydrogen-bond donors (Lipinski definition) is 0. The zero-order chi connectivity index (χ0) is 17.0. The van der Waals surface area contributed by atoms with Gasteiger partial charge in [-0.15, -0.1) is 0 Å². The fourth-order valence-corrected chi connectivity index (χ4v) is 3.51. The van der Waals surface area contributed by atoms with Crippen molar-refractivity contribution < 1.29 is 14.0 Å². The first-order valence-electron chi connectivity index (χ1n) is 7.65. The average Bonchev–Trinajstić information content (AvgIpc) is 2.36. The van der Waals surface area contributed by atoms with Gasteiger partial charge in [0.2, 0.25) is 0 Å². The van der Waals surface area contributed by atoms with Crippen molar-refractivity contribution in [3.8, 4) is 0 Å². The molecule has 0 fully saturated rings. The van der Waals surface area contributed by atoms with E-state index in [0.29, 0.717) is 13.0 Å². The summed E-state index contributed by atoms with van der Waals surface area (Å²) in [5, 5.41) is 0.0506. The van der Waals surface area contributed by atoms with E-state index in [0.717, 1.165) is 10.0 Å². The second kappa shape index (κ2) is 7.75. The van der Waals surface area contributed by atoms with Gasteiger partial charge in [0, 0.05) is 10.9 Å². The molecular formula is C17H27BrO3Si. The van der Waals surface area contributed by atoms with Gasteiger partial charge in [0.05, 0.1) is 6.61 Å². The van der Waals surface area contributed by atoms with Crippen LogP contribution in [0.25, 0.3) is 0 Å². The summed E-state index contributed by atoms with van der Waals surface area (Å²) < 4.78 is 12.5. The van der Waals surface area contributed by atoms with Gasteiger partial charge in [0.1, 0.15) is 6.10 Å².